The number of anilines is 1. The number of benzene rings is 2. The molecule has 27 heavy (non-hydrogen) atoms. The summed E-state index contributed by atoms with van der Waals surface area (Å²) in [7, 11) is -3.64. The molecule has 1 aliphatic rings. The Morgan fingerprint density at radius 1 is 1.07 bits per heavy atom. The fourth-order valence-electron chi connectivity index (χ4n) is 3.36. The molecule has 0 saturated heterocycles. The van der Waals surface area contributed by atoms with Gasteiger partial charge in [0, 0.05) is 18.8 Å². The third-order valence-electron chi connectivity index (χ3n) is 5.02. The van der Waals surface area contributed by atoms with Gasteiger partial charge >= 0.3 is 0 Å². The average molecular weight is 388 g/mol. The molecule has 7 heteroatoms. The van der Waals surface area contributed by atoms with Crippen LogP contribution in [0.25, 0.3) is 0 Å². The third-order valence-corrected chi connectivity index (χ3v) is 6.47. The largest absolute Gasteiger partial charge is 0.329 e. The van der Waals surface area contributed by atoms with E-state index in [-0.39, 0.29) is 23.9 Å². The lowest BCUT2D eigenvalue weighted by Gasteiger charge is -2.40. The first kappa shape index (κ1) is 19.5. The molecule has 144 valence electrons. The molecule has 0 unspecified atom stereocenters. The summed E-state index contributed by atoms with van der Waals surface area (Å²) < 4.78 is 26.9. The van der Waals surface area contributed by atoms with Gasteiger partial charge in [0.1, 0.15) is 0 Å². The van der Waals surface area contributed by atoms with Crippen molar-refractivity contribution in [3.8, 4) is 0 Å². The number of nitrogens with one attached hydrogen (secondary N) is 2. The summed E-state index contributed by atoms with van der Waals surface area (Å²) >= 11 is 0. The number of rotatable bonds is 8. The summed E-state index contributed by atoms with van der Waals surface area (Å²) in [6.45, 7) is 0.386. The van der Waals surface area contributed by atoms with Crippen molar-refractivity contribution in [2.75, 3.05) is 18.4 Å². The van der Waals surface area contributed by atoms with Crippen LogP contribution >= 0.6 is 0 Å². The Morgan fingerprint density at radius 3 is 2.44 bits per heavy atom. The Balaban J connectivity index is 1.74. The quantitative estimate of drug-likeness (QED) is 0.647. The van der Waals surface area contributed by atoms with Gasteiger partial charge in [0.25, 0.3) is 0 Å². The summed E-state index contributed by atoms with van der Waals surface area (Å²) in [4.78, 5) is 13.1. The van der Waals surface area contributed by atoms with Gasteiger partial charge in [-0.25, -0.2) is 13.1 Å². The molecular weight excluding hydrogens is 362 g/mol. The van der Waals surface area contributed by atoms with Gasteiger partial charge in [0.05, 0.1) is 10.3 Å². The average Bonchev–Trinajstić information content (AvgIpc) is 2.64. The van der Waals surface area contributed by atoms with Crippen LogP contribution in [0.2, 0.25) is 0 Å². The fourth-order valence-corrected chi connectivity index (χ4v) is 4.45. The molecule has 4 N–H and O–H groups in total. The van der Waals surface area contributed by atoms with E-state index in [4.69, 9.17) is 5.73 Å². The summed E-state index contributed by atoms with van der Waals surface area (Å²) in [6, 6.07) is 16.3. The van der Waals surface area contributed by atoms with E-state index in [2.05, 4.69) is 10.0 Å². The molecule has 2 aromatic carbocycles. The van der Waals surface area contributed by atoms with Gasteiger partial charge in [0.15, 0.2) is 0 Å². The first-order chi connectivity index (χ1) is 13.0. The second-order valence-corrected chi connectivity index (χ2v) is 8.73. The van der Waals surface area contributed by atoms with Crippen LogP contribution in [0.1, 0.15) is 24.8 Å². The first-order valence-electron chi connectivity index (χ1n) is 9.10. The Labute approximate surface area is 160 Å². The number of hydrogen-bond donors (Lipinski definition) is 3. The normalized spacial score (nSPS) is 15.7. The SMILES string of the molecule is NCCNS(=O)(=O)c1cccc(NC(=O)C2(Cc3ccccc3)CCC2)c1. The van der Waals surface area contributed by atoms with E-state index in [0.717, 1.165) is 24.8 Å². The van der Waals surface area contributed by atoms with Crippen LogP contribution in [0, 0.1) is 5.41 Å². The van der Waals surface area contributed by atoms with E-state index >= 15 is 0 Å². The highest BCUT2D eigenvalue weighted by Crippen LogP contribution is 2.44. The second-order valence-electron chi connectivity index (χ2n) is 6.96. The van der Waals surface area contributed by atoms with Crippen molar-refractivity contribution in [1.29, 1.82) is 0 Å². The number of sulfonamides is 1. The van der Waals surface area contributed by atoms with Crippen molar-refractivity contribution in [1.82, 2.24) is 4.72 Å². The molecule has 0 bridgehead atoms. The lowest BCUT2D eigenvalue weighted by atomic mass is 9.64. The van der Waals surface area contributed by atoms with Gasteiger partial charge in [-0.1, -0.05) is 42.8 Å². The molecule has 2 aromatic rings. The van der Waals surface area contributed by atoms with Crippen molar-refractivity contribution >= 4 is 21.6 Å². The van der Waals surface area contributed by atoms with E-state index in [1.54, 1.807) is 12.1 Å². The van der Waals surface area contributed by atoms with Crippen molar-refractivity contribution in [2.45, 2.75) is 30.6 Å². The molecule has 0 aliphatic heterocycles. The zero-order chi connectivity index (χ0) is 19.3. The Morgan fingerprint density at radius 2 is 1.81 bits per heavy atom. The van der Waals surface area contributed by atoms with E-state index in [1.165, 1.54) is 12.1 Å². The van der Waals surface area contributed by atoms with E-state index in [9.17, 15) is 13.2 Å². The highest BCUT2D eigenvalue weighted by atomic mass is 32.2. The van der Waals surface area contributed by atoms with Crippen molar-refractivity contribution in [2.24, 2.45) is 11.1 Å². The molecule has 6 nitrogen and oxygen atoms in total. The number of hydrogen-bond acceptors (Lipinski definition) is 4. The first-order valence-corrected chi connectivity index (χ1v) is 10.6. The van der Waals surface area contributed by atoms with Crippen molar-refractivity contribution in [3.63, 3.8) is 0 Å². The van der Waals surface area contributed by atoms with Gasteiger partial charge in [0.2, 0.25) is 15.9 Å². The number of carbonyl (C=O) groups is 1. The predicted molar refractivity (Wildman–Crippen MR) is 106 cm³/mol. The van der Waals surface area contributed by atoms with Crippen molar-refractivity contribution < 1.29 is 13.2 Å². The smallest absolute Gasteiger partial charge is 0.240 e. The maximum absolute atomic E-state index is 13.0. The van der Waals surface area contributed by atoms with Gasteiger partial charge in [-0.05, 0) is 43.0 Å². The molecule has 1 fully saturated rings. The van der Waals surface area contributed by atoms with Gasteiger partial charge in [-0.2, -0.15) is 0 Å². The van der Waals surface area contributed by atoms with Crippen LogP contribution in [0.4, 0.5) is 5.69 Å². The van der Waals surface area contributed by atoms with E-state index in [1.807, 2.05) is 30.3 Å². The number of amides is 1. The molecule has 0 aromatic heterocycles. The lowest BCUT2D eigenvalue weighted by molar-refractivity contribution is -0.130. The van der Waals surface area contributed by atoms with Crippen LogP contribution in [-0.4, -0.2) is 27.4 Å². The lowest BCUT2D eigenvalue weighted by Crippen LogP contribution is -2.43. The monoisotopic (exact) mass is 387 g/mol. The minimum absolute atomic E-state index is 0.0536. The number of nitrogens with two attached hydrogens (primary N) is 1. The van der Waals surface area contributed by atoms with Gasteiger partial charge in [-0.15, -0.1) is 0 Å². The van der Waals surface area contributed by atoms with Crippen molar-refractivity contribution in [3.05, 3.63) is 60.2 Å². The summed E-state index contributed by atoms with van der Waals surface area (Å²) in [6.07, 6.45) is 3.39. The molecule has 1 aliphatic carbocycles. The summed E-state index contributed by atoms with van der Waals surface area (Å²) in [5.41, 5.74) is 6.55. The van der Waals surface area contributed by atoms with Crippen LogP contribution in [0.5, 0.6) is 0 Å². The standard InChI is InChI=1S/C20H25N3O3S/c21-12-13-22-27(25,26)18-9-4-8-17(14-18)23-19(24)20(10-5-11-20)15-16-6-2-1-3-7-16/h1-4,6-9,14,22H,5,10-13,15,21H2,(H,23,24). The van der Waals surface area contributed by atoms with E-state index < -0.39 is 15.4 Å². The minimum atomic E-state index is -3.64. The van der Waals surface area contributed by atoms with Crippen LogP contribution in [-0.2, 0) is 21.2 Å². The Hall–Kier alpha value is -2.22. The topological polar surface area (TPSA) is 101 Å². The third kappa shape index (κ3) is 4.55. The summed E-state index contributed by atoms with van der Waals surface area (Å²) in [5.74, 6) is -0.0536. The zero-order valence-corrected chi connectivity index (χ0v) is 16.0. The molecule has 1 amide bonds. The Bertz CT molecular complexity index is 894. The highest BCUT2D eigenvalue weighted by molar-refractivity contribution is 7.89. The maximum Gasteiger partial charge on any atom is 0.240 e. The van der Waals surface area contributed by atoms with E-state index in [0.29, 0.717) is 12.1 Å². The van der Waals surface area contributed by atoms with Crippen LogP contribution < -0.4 is 15.8 Å². The molecule has 3 rings (SSSR count). The van der Waals surface area contributed by atoms with Gasteiger partial charge < -0.3 is 11.1 Å². The maximum atomic E-state index is 13.0. The molecule has 0 radical (unpaired) electrons. The second kappa shape index (κ2) is 8.21. The minimum Gasteiger partial charge on any atom is -0.329 e. The molecule has 0 spiro atoms. The van der Waals surface area contributed by atoms with Crippen LogP contribution in [0.15, 0.2) is 59.5 Å². The summed E-state index contributed by atoms with van der Waals surface area (Å²) in [5, 5.41) is 2.92. The Kier molecular flexibility index (Phi) is 5.94. The molecule has 0 heterocycles. The highest BCUT2D eigenvalue weighted by Gasteiger charge is 2.44. The molecular formula is C20H25N3O3S. The fraction of sp³-hybridized carbons (Fsp3) is 0.350. The molecule has 1 saturated carbocycles. The predicted octanol–water partition coefficient (Wildman–Crippen LogP) is 2.28. The van der Waals surface area contributed by atoms with Gasteiger partial charge in [-0.3, -0.25) is 4.79 Å². The number of carbonyl (C=O) groups excluding carboxylic acids is 1. The molecule has 0 atom stereocenters. The van der Waals surface area contributed by atoms with Crippen LogP contribution in [0.3, 0.4) is 0 Å². The zero-order valence-electron chi connectivity index (χ0n) is 15.1.